The number of nitrogen functional groups attached to an aromatic ring is 1. The third-order valence-electron chi connectivity index (χ3n) is 3.75. The summed E-state index contributed by atoms with van der Waals surface area (Å²) in [4.78, 5) is 4.45. The van der Waals surface area contributed by atoms with Gasteiger partial charge in [-0.1, -0.05) is 26.3 Å². The summed E-state index contributed by atoms with van der Waals surface area (Å²) in [6.45, 7) is 8.85. The van der Waals surface area contributed by atoms with Crippen LogP contribution in [0.3, 0.4) is 0 Å². The Morgan fingerprint density at radius 1 is 1.33 bits per heavy atom. The lowest BCUT2D eigenvalue weighted by Gasteiger charge is -2.19. The zero-order valence-corrected chi connectivity index (χ0v) is 11.8. The number of aromatic nitrogens is 2. The fourth-order valence-electron chi connectivity index (χ4n) is 2.54. The first-order valence-electron chi connectivity index (χ1n) is 6.77. The van der Waals surface area contributed by atoms with Crippen LogP contribution in [0.2, 0.25) is 0 Å². The smallest absolute Gasteiger partial charge is 0.201 e. The number of benzene rings is 1. The van der Waals surface area contributed by atoms with Crippen LogP contribution in [0.25, 0.3) is 11.0 Å². The monoisotopic (exact) mass is 245 g/mol. The molecule has 3 nitrogen and oxygen atoms in total. The number of fused-ring (bicyclic) bond motifs is 1. The summed E-state index contributed by atoms with van der Waals surface area (Å²) in [5.41, 5.74) is 9.47. The molecule has 2 atom stereocenters. The maximum absolute atomic E-state index is 6.07. The van der Waals surface area contributed by atoms with Crippen LogP contribution in [0, 0.1) is 12.8 Å². The van der Waals surface area contributed by atoms with Gasteiger partial charge in [-0.2, -0.15) is 0 Å². The molecule has 2 rings (SSSR count). The lowest BCUT2D eigenvalue weighted by Crippen LogP contribution is -2.11. The lowest BCUT2D eigenvalue weighted by molar-refractivity contribution is 0.407. The Kier molecular flexibility index (Phi) is 3.60. The van der Waals surface area contributed by atoms with E-state index in [1.165, 1.54) is 12.0 Å². The number of hydrogen-bond donors (Lipinski definition) is 1. The highest BCUT2D eigenvalue weighted by molar-refractivity contribution is 5.79. The van der Waals surface area contributed by atoms with Gasteiger partial charge in [-0.15, -0.1) is 0 Å². The number of aryl methyl sites for hydroxylation is 1. The average Bonchev–Trinajstić information content (AvgIpc) is 2.64. The van der Waals surface area contributed by atoms with Crippen molar-refractivity contribution in [1.82, 2.24) is 9.55 Å². The Morgan fingerprint density at radius 3 is 2.72 bits per heavy atom. The standard InChI is InChI=1S/C15H23N3/c1-5-10(2)8-12(4)18-14-9-11(3)6-7-13(14)17-15(18)16/h6-7,9-10,12H,5,8H2,1-4H3,(H2,16,17). The van der Waals surface area contributed by atoms with Crippen molar-refractivity contribution in [3.05, 3.63) is 23.8 Å². The normalized spacial score (nSPS) is 14.9. The fourth-order valence-corrected chi connectivity index (χ4v) is 2.54. The molecule has 0 aliphatic heterocycles. The van der Waals surface area contributed by atoms with E-state index < -0.39 is 0 Å². The van der Waals surface area contributed by atoms with E-state index >= 15 is 0 Å². The summed E-state index contributed by atoms with van der Waals surface area (Å²) < 4.78 is 2.18. The molecule has 2 unspecified atom stereocenters. The van der Waals surface area contributed by atoms with E-state index in [0.717, 1.165) is 17.5 Å². The van der Waals surface area contributed by atoms with Gasteiger partial charge < -0.3 is 10.3 Å². The highest BCUT2D eigenvalue weighted by Gasteiger charge is 2.15. The van der Waals surface area contributed by atoms with Crippen LogP contribution in [0.1, 0.15) is 45.2 Å². The van der Waals surface area contributed by atoms with Crippen LogP contribution in [-0.4, -0.2) is 9.55 Å². The van der Waals surface area contributed by atoms with Crippen molar-refractivity contribution >= 4 is 17.0 Å². The Morgan fingerprint density at radius 2 is 2.06 bits per heavy atom. The minimum atomic E-state index is 0.395. The summed E-state index contributed by atoms with van der Waals surface area (Å²) in [6.07, 6.45) is 2.34. The van der Waals surface area contributed by atoms with Crippen LogP contribution >= 0.6 is 0 Å². The third-order valence-corrected chi connectivity index (χ3v) is 3.75. The minimum Gasteiger partial charge on any atom is -0.369 e. The first kappa shape index (κ1) is 12.9. The molecule has 0 aliphatic carbocycles. The van der Waals surface area contributed by atoms with E-state index in [4.69, 9.17) is 5.73 Å². The fraction of sp³-hybridized carbons (Fsp3) is 0.533. The largest absolute Gasteiger partial charge is 0.369 e. The molecule has 1 heterocycles. The first-order chi connectivity index (χ1) is 8.52. The highest BCUT2D eigenvalue weighted by Crippen LogP contribution is 2.28. The Hall–Kier alpha value is -1.51. The molecule has 1 aromatic heterocycles. The molecule has 0 fully saturated rings. The molecular weight excluding hydrogens is 222 g/mol. The van der Waals surface area contributed by atoms with Crippen LogP contribution in [0.5, 0.6) is 0 Å². The Balaban J connectivity index is 2.42. The maximum atomic E-state index is 6.07. The molecule has 3 heteroatoms. The quantitative estimate of drug-likeness (QED) is 0.887. The van der Waals surface area contributed by atoms with Crippen LogP contribution < -0.4 is 5.73 Å². The minimum absolute atomic E-state index is 0.395. The summed E-state index contributed by atoms with van der Waals surface area (Å²) in [7, 11) is 0. The van der Waals surface area contributed by atoms with Crippen molar-refractivity contribution in [2.24, 2.45) is 5.92 Å². The van der Waals surface area contributed by atoms with Crippen molar-refractivity contribution in [2.75, 3.05) is 5.73 Å². The molecule has 0 radical (unpaired) electrons. The van der Waals surface area contributed by atoms with Crippen molar-refractivity contribution in [1.29, 1.82) is 0 Å². The number of hydrogen-bond acceptors (Lipinski definition) is 2. The molecule has 98 valence electrons. The molecular formula is C15H23N3. The number of anilines is 1. The average molecular weight is 245 g/mol. The van der Waals surface area contributed by atoms with Gasteiger partial charge in [0.1, 0.15) is 0 Å². The van der Waals surface area contributed by atoms with Crippen molar-refractivity contribution in [2.45, 2.75) is 46.6 Å². The highest BCUT2D eigenvalue weighted by atomic mass is 15.2. The Bertz CT molecular complexity index is 542. The second kappa shape index (κ2) is 5.01. The van der Waals surface area contributed by atoms with Gasteiger partial charge in [-0.3, -0.25) is 0 Å². The van der Waals surface area contributed by atoms with E-state index in [-0.39, 0.29) is 0 Å². The van der Waals surface area contributed by atoms with Crippen molar-refractivity contribution in [3.63, 3.8) is 0 Å². The topological polar surface area (TPSA) is 43.8 Å². The van der Waals surface area contributed by atoms with Crippen LogP contribution in [0.15, 0.2) is 18.2 Å². The zero-order valence-electron chi connectivity index (χ0n) is 11.8. The van der Waals surface area contributed by atoms with E-state index in [9.17, 15) is 0 Å². The molecule has 0 bridgehead atoms. The van der Waals surface area contributed by atoms with Gasteiger partial charge in [0.15, 0.2) is 0 Å². The number of imidazole rings is 1. The molecule has 18 heavy (non-hydrogen) atoms. The SMILES string of the molecule is CCC(C)CC(C)n1c(N)nc2ccc(C)cc21. The first-order valence-corrected chi connectivity index (χ1v) is 6.77. The van der Waals surface area contributed by atoms with Gasteiger partial charge >= 0.3 is 0 Å². The van der Waals surface area contributed by atoms with Gasteiger partial charge in [-0.05, 0) is 43.9 Å². The molecule has 2 aromatic rings. The molecule has 0 amide bonds. The molecule has 2 N–H and O–H groups in total. The lowest BCUT2D eigenvalue weighted by atomic mass is 10.00. The summed E-state index contributed by atoms with van der Waals surface area (Å²) in [6, 6.07) is 6.70. The van der Waals surface area contributed by atoms with E-state index in [1.54, 1.807) is 0 Å². The van der Waals surface area contributed by atoms with Crippen LogP contribution in [-0.2, 0) is 0 Å². The van der Waals surface area contributed by atoms with Gasteiger partial charge in [0.05, 0.1) is 11.0 Å². The van der Waals surface area contributed by atoms with E-state index in [0.29, 0.717) is 17.9 Å². The molecule has 0 saturated carbocycles. The van der Waals surface area contributed by atoms with Gasteiger partial charge in [0.2, 0.25) is 5.95 Å². The van der Waals surface area contributed by atoms with Gasteiger partial charge in [-0.25, -0.2) is 4.98 Å². The Labute approximate surface area is 109 Å². The predicted octanol–water partition coefficient (Wildman–Crippen LogP) is 3.92. The van der Waals surface area contributed by atoms with E-state index in [1.807, 2.05) is 6.07 Å². The number of nitrogens with zero attached hydrogens (tertiary/aromatic N) is 2. The van der Waals surface area contributed by atoms with Gasteiger partial charge in [0, 0.05) is 6.04 Å². The van der Waals surface area contributed by atoms with Crippen molar-refractivity contribution in [3.8, 4) is 0 Å². The summed E-state index contributed by atoms with van der Waals surface area (Å²) in [5.74, 6) is 1.34. The summed E-state index contributed by atoms with van der Waals surface area (Å²) in [5, 5.41) is 0. The molecule has 1 aromatic carbocycles. The molecule has 0 saturated heterocycles. The predicted molar refractivity (Wildman–Crippen MR) is 77.7 cm³/mol. The zero-order chi connectivity index (χ0) is 13.3. The maximum Gasteiger partial charge on any atom is 0.201 e. The van der Waals surface area contributed by atoms with Gasteiger partial charge in [0.25, 0.3) is 0 Å². The third kappa shape index (κ3) is 2.35. The second-order valence-electron chi connectivity index (χ2n) is 5.43. The van der Waals surface area contributed by atoms with E-state index in [2.05, 4.69) is 49.4 Å². The summed E-state index contributed by atoms with van der Waals surface area (Å²) >= 11 is 0. The molecule has 0 spiro atoms. The number of rotatable bonds is 4. The second-order valence-corrected chi connectivity index (χ2v) is 5.43. The molecule has 0 aliphatic rings. The van der Waals surface area contributed by atoms with Crippen LogP contribution in [0.4, 0.5) is 5.95 Å². The number of nitrogens with two attached hydrogens (primary N) is 1. The van der Waals surface area contributed by atoms with Crippen molar-refractivity contribution < 1.29 is 0 Å².